The van der Waals surface area contributed by atoms with E-state index in [-0.39, 0.29) is 11.0 Å². The van der Waals surface area contributed by atoms with Crippen molar-refractivity contribution in [2.45, 2.75) is 116 Å². The van der Waals surface area contributed by atoms with Crippen LogP contribution >= 0.6 is 0 Å². The van der Waals surface area contributed by atoms with Gasteiger partial charge in [-0.05, 0) is 88.1 Å². The molecule has 0 aromatic heterocycles. The molecule has 34 heavy (non-hydrogen) atoms. The van der Waals surface area contributed by atoms with Crippen LogP contribution in [-0.4, -0.2) is 35.2 Å². The van der Waals surface area contributed by atoms with Gasteiger partial charge in [-0.1, -0.05) is 65.0 Å². The number of allylic oxidation sites excluding steroid dienone is 1. The van der Waals surface area contributed by atoms with Gasteiger partial charge in [0.05, 0.1) is 0 Å². The molecule has 4 rings (SSSR count). The van der Waals surface area contributed by atoms with Crippen molar-refractivity contribution in [3.63, 3.8) is 0 Å². The lowest BCUT2D eigenvalue weighted by molar-refractivity contribution is 0.00676. The highest BCUT2D eigenvalue weighted by Crippen LogP contribution is 2.55. The van der Waals surface area contributed by atoms with Crippen LogP contribution < -0.4 is 4.74 Å². The molecule has 1 saturated heterocycles. The number of phenolic OH excluding ortho intramolecular Hbond substituents is 1. The highest BCUT2D eigenvalue weighted by atomic mass is 16.5. The Labute approximate surface area is 209 Å². The summed E-state index contributed by atoms with van der Waals surface area (Å²) in [6.45, 7) is 17.3. The van der Waals surface area contributed by atoms with Crippen LogP contribution in [0, 0.1) is 11.8 Å². The molecule has 2 heterocycles. The Hall–Kier alpha value is -1.48. The summed E-state index contributed by atoms with van der Waals surface area (Å²) >= 11 is 0. The summed E-state index contributed by atoms with van der Waals surface area (Å²) in [5.74, 6) is 2.99. The van der Waals surface area contributed by atoms with E-state index in [0.29, 0.717) is 17.6 Å². The largest absolute Gasteiger partial charge is 0.508 e. The van der Waals surface area contributed by atoms with Gasteiger partial charge in [-0.2, -0.15) is 0 Å². The number of piperidine rings is 1. The summed E-state index contributed by atoms with van der Waals surface area (Å²) in [6.07, 6.45) is 13.4. The molecule has 1 aliphatic carbocycles. The molecule has 2 unspecified atom stereocenters. The minimum absolute atomic E-state index is 0.0353. The van der Waals surface area contributed by atoms with Crippen LogP contribution in [0.4, 0.5) is 0 Å². The highest BCUT2D eigenvalue weighted by molar-refractivity contribution is 5.54. The molecular formula is C31H49NO2. The Bertz CT molecular complexity index is 876. The number of unbranched alkanes of at least 4 members (excludes halogenated alkanes) is 3. The first-order valence-corrected chi connectivity index (χ1v) is 14.1. The predicted molar refractivity (Wildman–Crippen MR) is 143 cm³/mol. The third-order valence-corrected chi connectivity index (χ3v) is 9.13. The second-order valence-corrected chi connectivity index (χ2v) is 12.8. The van der Waals surface area contributed by atoms with Crippen LogP contribution in [0.1, 0.15) is 116 Å². The second-order valence-electron chi connectivity index (χ2n) is 12.8. The average Bonchev–Trinajstić information content (AvgIpc) is 2.77. The summed E-state index contributed by atoms with van der Waals surface area (Å²) in [5, 5.41) is 11.3. The normalized spacial score (nSPS) is 25.3. The summed E-state index contributed by atoms with van der Waals surface area (Å²) in [6, 6.07) is 4.32. The Morgan fingerprint density at radius 3 is 2.56 bits per heavy atom. The zero-order valence-corrected chi connectivity index (χ0v) is 22.8. The van der Waals surface area contributed by atoms with Gasteiger partial charge < -0.3 is 9.84 Å². The van der Waals surface area contributed by atoms with E-state index in [4.69, 9.17) is 4.74 Å². The van der Waals surface area contributed by atoms with Crippen molar-refractivity contribution in [2.75, 3.05) is 19.6 Å². The highest BCUT2D eigenvalue weighted by Gasteiger charge is 2.46. The van der Waals surface area contributed by atoms with Crippen molar-refractivity contribution in [1.82, 2.24) is 4.90 Å². The minimum atomic E-state index is -0.226. The maximum Gasteiger partial charge on any atom is 0.127 e. The summed E-state index contributed by atoms with van der Waals surface area (Å²) in [7, 11) is 0. The molecule has 2 aliphatic heterocycles. The molecule has 0 bridgehead atoms. The molecule has 1 aromatic rings. The Balaban J connectivity index is 1.55. The molecule has 0 saturated carbocycles. The fraction of sp³-hybridized carbons (Fsp3) is 0.742. The van der Waals surface area contributed by atoms with Crippen molar-refractivity contribution >= 4 is 0 Å². The molecule has 1 N–H and O–H groups in total. The van der Waals surface area contributed by atoms with Crippen LogP contribution in [0.3, 0.4) is 0 Å². The van der Waals surface area contributed by atoms with Crippen LogP contribution in [0.2, 0.25) is 0 Å². The molecule has 2 atom stereocenters. The minimum Gasteiger partial charge on any atom is -0.508 e. The van der Waals surface area contributed by atoms with Gasteiger partial charge in [0.1, 0.15) is 17.1 Å². The topological polar surface area (TPSA) is 32.7 Å². The maximum absolute atomic E-state index is 11.3. The Kier molecular flexibility index (Phi) is 7.72. The van der Waals surface area contributed by atoms with Gasteiger partial charge >= 0.3 is 0 Å². The molecule has 190 valence electrons. The standard InChI is InChI=1S/C31H49NO2/c1-7-8-9-10-15-30(3,4)24-19-27(33)29-25-18-23(21-32-16-13-22(2)14-17-32)11-12-26(25)31(5,6)34-28(29)20-24/h11,19-20,22,25-26,33H,7-10,12-18,21H2,1-6H3. The predicted octanol–water partition coefficient (Wildman–Crippen LogP) is 7.96. The molecule has 3 nitrogen and oxygen atoms in total. The van der Waals surface area contributed by atoms with Gasteiger partial charge in [0.25, 0.3) is 0 Å². The maximum atomic E-state index is 11.3. The van der Waals surface area contributed by atoms with Crippen molar-refractivity contribution in [1.29, 1.82) is 0 Å². The molecule has 0 amide bonds. The number of benzene rings is 1. The van der Waals surface area contributed by atoms with Gasteiger partial charge in [-0.3, -0.25) is 4.90 Å². The smallest absolute Gasteiger partial charge is 0.127 e. The third kappa shape index (κ3) is 5.50. The van der Waals surface area contributed by atoms with Crippen LogP contribution in [0.25, 0.3) is 0 Å². The third-order valence-electron chi connectivity index (χ3n) is 9.13. The molecule has 3 heteroatoms. The summed E-state index contributed by atoms with van der Waals surface area (Å²) < 4.78 is 6.65. The lowest BCUT2D eigenvalue weighted by atomic mass is 9.66. The Morgan fingerprint density at radius 2 is 1.85 bits per heavy atom. The van der Waals surface area contributed by atoms with E-state index in [0.717, 1.165) is 43.0 Å². The molecule has 0 radical (unpaired) electrons. The van der Waals surface area contributed by atoms with Crippen molar-refractivity contribution < 1.29 is 9.84 Å². The SMILES string of the molecule is CCCCCCC(C)(C)c1cc(O)c2c(c1)OC(C)(C)C1CC=C(CN3CCC(C)CC3)CC21. The van der Waals surface area contributed by atoms with Gasteiger partial charge in [0.15, 0.2) is 0 Å². The van der Waals surface area contributed by atoms with E-state index < -0.39 is 0 Å². The zero-order valence-electron chi connectivity index (χ0n) is 22.8. The number of phenols is 1. The van der Waals surface area contributed by atoms with Crippen LogP contribution in [0.5, 0.6) is 11.5 Å². The first kappa shape index (κ1) is 25.6. The monoisotopic (exact) mass is 467 g/mol. The lowest BCUT2D eigenvalue weighted by Gasteiger charge is -2.48. The van der Waals surface area contributed by atoms with E-state index >= 15 is 0 Å². The van der Waals surface area contributed by atoms with Crippen molar-refractivity contribution in [3.8, 4) is 11.5 Å². The Morgan fingerprint density at radius 1 is 1.12 bits per heavy atom. The number of ether oxygens (including phenoxy) is 1. The number of rotatable bonds is 8. The first-order chi connectivity index (χ1) is 16.1. The van der Waals surface area contributed by atoms with Gasteiger partial charge in [-0.25, -0.2) is 0 Å². The van der Waals surface area contributed by atoms with E-state index in [9.17, 15) is 5.11 Å². The molecular weight excluding hydrogens is 418 g/mol. The van der Waals surface area contributed by atoms with Crippen molar-refractivity contribution in [2.24, 2.45) is 11.8 Å². The number of fused-ring (bicyclic) bond motifs is 3. The average molecular weight is 468 g/mol. The molecule has 3 aliphatic rings. The zero-order chi connectivity index (χ0) is 24.5. The molecule has 1 fully saturated rings. The molecule has 0 spiro atoms. The number of aromatic hydroxyl groups is 1. The second kappa shape index (κ2) is 10.2. The lowest BCUT2D eigenvalue weighted by Crippen LogP contribution is -2.46. The number of likely N-dealkylation sites (tertiary alicyclic amines) is 1. The van der Waals surface area contributed by atoms with E-state index in [2.05, 4.69) is 64.7 Å². The van der Waals surface area contributed by atoms with Gasteiger partial charge in [0.2, 0.25) is 0 Å². The fourth-order valence-corrected chi connectivity index (χ4v) is 6.63. The van der Waals surface area contributed by atoms with E-state index in [1.807, 2.05) is 0 Å². The number of hydrogen-bond donors (Lipinski definition) is 1. The van der Waals surface area contributed by atoms with E-state index in [1.165, 1.54) is 57.2 Å². The van der Waals surface area contributed by atoms with Crippen LogP contribution in [0.15, 0.2) is 23.8 Å². The van der Waals surface area contributed by atoms with Gasteiger partial charge in [0, 0.05) is 23.9 Å². The summed E-state index contributed by atoms with van der Waals surface area (Å²) in [4.78, 5) is 2.64. The fourth-order valence-electron chi connectivity index (χ4n) is 6.63. The number of nitrogens with zero attached hydrogens (tertiary/aromatic N) is 1. The first-order valence-electron chi connectivity index (χ1n) is 14.1. The van der Waals surface area contributed by atoms with Crippen LogP contribution in [-0.2, 0) is 5.41 Å². The van der Waals surface area contributed by atoms with Crippen molar-refractivity contribution in [3.05, 3.63) is 34.9 Å². The quantitative estimate of drug-likeness (QED) is 0.311. The van der Waals surface area contributed by atoms with E-state index in [1.54, 1.807) is 5.57 Å². The summed E-state index contributed by atoms with van der Waals surface area (Å²) in [5.41, 5.74) is 3.64. The number of hydrogen-bond acceptors (Lipinski definition) is 3. The van der Waals surface area contributed by atoms with Gasteiger partial charge in [-0.15, -0.1) is 0 Å². The molecule has 1 aromatic carbocycles.